The molecular formula is C12H23N3S. The number of hydrogen-bond donors (Lipinski definition) is 2. The Hall–Kier alpha value is -0.510. The minimum Gasteiger partial charge on any atom is -0.360 e. The second kappa shape index (κ2) is 6.28. The molecule has 1 heterocycles. The van der Waals surface area contributed by atoms with Crippen molar-refractivity contribution in [1.29, 1.82) is 5.41 Å². The van der Waals surface area contributed by atoms with Crippen LogP contribution >= 0.6 is 12.6 Å². The Morgan fingerprint density at radius 2 is 2.00 bits per heavy atom. The second-order valence-electron chi connectivity index (χ2n) is 4.81. The minimum absolute atomic E-state index is 0.213. The van der Waals surface area contributed by atoms with Gasteiger partial charge in [-0.05, 0) is 31.4 Å². The van der Waals surface area contributed by atoms with Crippen LogP contribution in [-0.2, 0) is 0 Å². The first-order valence-electron chi connectivity index (χ1n) is 6.04. The lowest BCUT2D eigenvalue weighted by molar-refractivity contribution is 0.283. The number of nitrogens with one attached hydrogen (secondary N) is 1. The highest BCUT2D eigenvalue weighted by molar-refractivity contribution is 7.80. The summed E-state index contributed by atoms with van der Waals surface area (Å²) in [6.07, 6.45) is 2.40. The summed E-state index contributed by atoms with van der Waals surface area (Å²) in [5.74, 6) is 3.44. The van der Waals surface area contributed by atoms with Crippen molar-refractivity contribution in [1.82, 2.24) is 4.90 Å². The lowest BCUT2D eigenvalue weighted by atomic mass is 9.99. The molecule has 0 aromatic rings. The predicted octanol–water partition coefficient (Wildman–Crippen LogP) is 2.68. The van der Waals surface area contributed by atoms with Crippen molar-refractivity contribution in [2.75, 3.05) is 18.8 Å². The van der Waals surface area contributed by atoms with Gasteiger partial charge in [-0.3, -0.25) is 5.41 Å². The summed E-state index contributed by atoms with van der Waals surface area (Å²) in [6, 6.07) is 0. The quantitative estimate of drug-likeness (QED) is 0.435. The van der Waals surface area contributed by atoms with Crippen LogP contribution in [0.4, 0.5) is 0 Å². The molecule has 16 heavy (non-hydrogen) atoms. The number of likely N-dealkylation sites (tertiary alicyclic amines) is 1. The zero-order chi connectivity index (χ0) is 12.1. The van der Waals surface area contributed by atoms with Gasteiger partial charge < -0.3 is 4.90 Å². The van der Waals surface area contributed by atoms with E-state index in [1.807, 2.05) is 20.8 Å². The summed E-state index contributed by atoms with van der Waals surface area (Å²) in [4.78, 5) is 6.65. The smallest absolute Gasteiger partial charge is 0.125 e. The van der Waals surface area contributed by atoms with E-state index in [0.717, 1.165) is 30.6 Å². The van der Waals surface area contributed by atoms with E-state index in [2.05, 4.69) is 22.5 Å². The standard InChI is InChI=1S/C12H23N3S/c1-9(2)12(13)14-10(3)15-6-4-11(8-16)5-7-15/h9,11,13,16H,4-8H2,1-3H3. The average Bonchev–Trinajstić information content (AvgIpc) is 2.28. The molecule has 0 atom stereocenters. The molecule has 0 bridgehead atoms. The highest BCUT2D eigenvalue weighted by Crippen LogP contribution is 2.18. The van der Waals surface area contributed by atoms with Crippen molar-refractivity contribution in [2.24, 2.45) is 16.8 Å². The molecule has 1 fully saturated rings. The van der Waals surface area contributed by atoms with Crippen molar-refractivity contribution < 1.29 is 0 Å². The Kier molecular flexibility index (Phi) is 5.32. The molecule has 0 aromatic carbocycles. The Morgan fingerprint density at radius 1 is 1.44 bits per heavy atom. The minimum atomic E-state index is 0.213. The molecule has 0 amide bonds. The van der Waals surface area contributed by atoms with E-state index < -0.39 is 0 Å². The lowest BCUT2D eigenvalue weighted by Gasteiger charge is -2.32. The van der Waals surface area contributed by atoms with Crippen molar-refractivity contribution in [2.45, 2.75) is 33.6 Å². The first kappa shape index (κ1) is 13.6. The predicted molar refractivity (Wildman–Crippen MR) is 73.8 cm³/mol. The molecule has 3 nitrogen and oxygen atoms in total. The van der Waals surface area contributed by atoms with E-state index in [4.69, 9.17) is 5.41 Å². The Labute approximate surface area is 104 Å². The van der Waals surface area contributed by atoms with Crippen molar-refractivity contribution in [3.8, 4) is 0 Å². The fourth-order valence-electron chi connectivity index (χ4n) is 1.81. The van der Waals surface area contributed by atoms with Gasteiger partial charge in [0.05, 0.1) is 0 Å². The lowest BCUT2D eigenvalue weighted by Crippen LogP contribution is -2.38. The van der Waals surface area contributed by atoms with Crippen molar-refractivity contribution in [3.63, 3.8) is 0 Å². The van der Waals surface area contributed by atoms with E-state index in [1.165, 1.54) is 12.8 Å². The summed E-state index contributed by atoms with van der Waals surface area (Å²) in [7, 11) is 0. The first-order valence-corrected chi connectivity index (χ1v) is 6.67. The molecular weight excluding hydrogens is 218 g/mol. The SMILES string of the molecule is CC(=NC(=N)C(C)C)N1CCC(CS)CC1. The normalized spacial score (nSPS) is 19.3. The molecule has 1 aliphatic heterocycles. The number of rotatable bonds is 2. The van der Waals surface area contributed by atoms with Gasteiger partial charge in [0, 0.05) is 19.0 Å². The molecule has 1 rings (SSSR count). The molecule has 0 aliphatic carbocycles. The number of amidine groups is 2. The van der Waals surface area contributed by atoms with Crippen LogP contribution in [0.1, 0.15) is 33.6 Å². The monoisotopic (exact) mass is 241 g/mol. The van der Waals surface area contributed by atoms with E-state index >= 15 is 0 Å². The molecule has 0 radical (unpaired) electrons. The van der Waals surface area contributed by atoms with E-state index in [0.29, 0.717) is 5.84 Å². The van der Waals surface area contributed by atoms with Crippen LogP contribution in [0.25, 0.3) is 0 Å². The number of hydrogen-bond acceptors (Lipinski definition) is 2. The van der Waals surface area contributed by atoms with Crippen LogP contribution in [0, 0.1) is 17.2 Å². The third-order valence-electron chi connectivity index (χ3n) is 3.16. The number of nitrogens with zero attached hydrogens (tertiary/aromatic N) is 2. The maximum atomic E-state index is 7.74. The van der Waals surface area contributed by atoms with Crippen molar-refractivity contribution >= 4 is 24.3 Å². The molecule has 0 spiro atoms. The van der Waals surface area contributed by atoms with Crippen LogP contribution in [0.2, 0.25) is 0 Å². The molecule has 92 valence electrons. The van der Waals surface area contributed by atoms with Crippen LogP contribution in [0.5, 0.6) is 0 Å². The Bertz CT molecular complexity index is 265. The van der Waals surface area contributed by atoms with Gasteiger partial charge in [-0.15, -0.1) is 0 Å². The van der Waals surface area contributed by atoms with Crippen LogP contribution < -0.4 is 0 Å². The number of piperidine rings is 1. The Balaban J connectivity index is 2.50. The molecule has 0 saturated carbocycles. The van der Waals surface area contributed by atoms with E-state index in [1.54, 1.807) is 0 Å². The highest BCUT2D eigenvalue weighted by atomic mass is 32.1. The third kappa shape index (κ3) is 3.81. The molecule has 0 unspecified atom stereocenters. The molecule has 4 heteroatoms. The Morgan fingerprint density at radius 3 is 2.44 bits per heavy atom. The summed E-state index contributed by atoms with van der Waals surface area (Å²) in [5.41, 5.74) is 0. The summed E-state index contributed by atoms with van der Waals surface area (Å²) >= 11 is 4.34. The van der Waals surface area contributed by atoms with Gasteiger partial charge in [-0.25, -0.2) is 4.99 Å². The summed E-state index contributed by atoms with van der Waals surface area (Å²) < 4.78 is 0. The molecule has 0 aromatic heterocycles. The zero-order valence-electron chi connectivity index (χ0n) is 10.5. The maximum Gasteiger partial charge on any atom is 0.125 e. The van der Waals surface area contributed by atoms with Crippen LogP contribution in [0.3, 0.4) is 0 Å². The van der Waals surface area contributed by atoms with Gasteiger partial charge >= 0.3 is 0 Å². The molecule has 1 N–H and O–H groups in total. The van der Waals surface area contributed by atoms with Crippen molar-refractivity contribution in [3.05, 3.63) is 0 Å². The van der Waals surface area contributed by atoms with Gasteiger partial charge in [-0.1, -0.05) is 13.8 Å². The fraction of sp³-hybridized carbons (Fsp3) is 0.833. The second-order valence-corrected chi connectivity index (χ2v) is 5.18. The van der Waals surface area contributed by atoms with E-state index in [9.17, 15) is 0 Å². The molecule has 1 aliphatic rings. The summed E-state index contributed by atoms with van der Waals surface area (Å²) in [5, 5.41) is 7.74. The van der Waals surface area contributed by atoms with E-state index in [-0.39, 0.29) is 5.92 Å². The maximum absolute atomic E-state index is 7.74. The average molecular weight is 241 g/mol. The van der Waals surface area contributed by atoms with Crippen LogP contribution in [0.15, 0.2) is 4.99 Å². The number of aliphatic imine (C=N–C) groups is 1. The number of thiol groups is 1. The van der Waals surface area contributed by atoms with Gasteiger partial charge in [0.25, 0.3) is 0 Å². The largest absolute Gasteiger partial charge is 0.360 e. The van der Waals surface area contributed by atoms with Gasteiger partial charge in [0.15, 0.2) is 0 Å². The van der Waals surface area contributed by atoms with Crippen LogP contribution in [-0.4, -0.2) is 35.4 Å². The zero-order valence-corrected chi connectivity index (χ0v) is 11.4. The van der Waals surface area contributed by atoms with Gasteiger partial charge in [0.1, 0.15) is 11.7 Å². The third-order valence-corrected chi connectivity index (χ3v) is 3.68. The van der Waals surface area contributed by atoms with Gasteiger partial charge in [0.2, 0.25) is 0 Å². The topological polar surface area (TPSA) is 39.5 Å². The molecule has 1 saturated heterocycles. The fourth-order valence-corrected chi connectivity index (χ4v) is 2.18. The first-order chi connectivity index (χ1) is 7.54. The highest BCUT2D eigenvalue weighted by Gasteiger charge is 2.18. The van der Waals surface area contributed by atoms with Gasteiger partial charge in [-0.2, -0.15) is 12.6 Å². The summed E-state index contributed by atoms with van der Waals surface area (Å²) in [6.45, 7) is 8.15.